The molecule has 0 aliphatic heterocycles. The Hall–Kier alpha value is -2.21. The van der Waals surface area contributed by atoms with Crippen LogP contribution in [0.2, 0.25) is 0 Å². The average molecular weight is 258 g/mol. The van der Waals surface area contributed by atoms with Gasteiger partial charge in [-0.05, 0) is 23.6 Å². The molecule has 0 aliphatic carbocycles. The van der Waals surface area contributed by atoms with Crippen LogP contribution in [-0.2, 0) is 6.42 Å². The molecule has 0 aromatic carbocycles. The molecule has 3 aromatic rings. The summed E-state index contributed by atoms with van der Waals surface area (Å²) in [6.45, 7) is 0. The monoisotopic (exact) mass is 258 g/mol. The van der Waals surface area contributed by atoms with Crippen LogP contribution in [0, 0.1) is 0 Å². The summed E-state index contributed by atoms with van der Waals surface area (Å²) in [5, 5.41) is 5.95. The summed E-state index contributed by atoms with van der Waals surface area (Å²) in [7, 11) is 0. The molecule has 3 rings (SSSR count). The van der Waals surface area contributed by atoms with E-state index >= 15 is 0 Å². The Morgan fingerprint density at radius 2 is 2.22 bits per heavy atom. The predicted molar refractivity (Wildman–Crippen MR) is 69.1 cm³/mol. The molecule has 18 heavy (non-hydrogen) atoms. The molecule has 2 N–H and O–H groups in total. The van der Waals surface area contributed by atoms with Crippen molar-refractivity contribution >= 4 is 17.0 Å². The highest BCUT2D eigenvalue weighted by atomic mass is 32.1. The summed E-state index contributed by atoms with van der Waals surface area (Å²) in [4.78, 5) is 9.63. The van der Waals surface area contributed by atoms with Crippen LogP contribution in [0.4, 0.5) is 5.69 Å². The van der Waals surface area contributed by atoms with Gasteiger partial charge in [0.05, 0.1) is 5.69 Å². The van der Waals surface area contributed by atoms with Gasteiger partial charge >= 0.3 is 0 Å². The quantitative estimate of drug-likeness (QED) is 0.780. The van der Waals surface area contributed by atoms with Crippen LogP contribution >= 0.6 is 11.3 Å². The highest BCUT2D eigenvalue weighted by Crippen LogP contribution is 2.21. The first-order valence-corrected chi connectivity index (χ1v) is 6.27. The summed E-state index contributed by atoms with van der Waals surface area (Å²) in [5.74, 6) is 0.997. The number of nitrogens with zero attached hydrogens (tertiary/aromatic N) is 3. The molecule has 0 spiro atoms. The van der Waals surface area contributed by atoms with Crippen molar-refractivity contribution in [2.24, 2.45) is 0 Å². The summed E-state index contributed by atoms with van der Waals surface area (Å²) in [6.07, 6.45) is 2.31. The molecule has 3 heterocycles. The second-order valence-electron chi connectivity index (χ2n) is 3.71. The number of rotatable bonds is 3. The maximum absolute atomic E-state index is 5.81. The number of hydrogen-bond acceptors (Lipinski definition) is 6. The van der Waals surface area contributed by atoms with Gasteiger partial charge in [-0.25, -0.2) is 4.98 Å². The molecule has 3 aromatic heterocycles. The molecule has 6 heteroatoms. The first kappa shape index (κ1) is 10.9. The van der Waals surface area contributed by atoms with Crippen LogP contribution in [0.1, 0.15) is 10.7 Å². The predicted octanol–water partition coefficient (Wildman–Crippen LogP) is 2.37. The third kappa shape index (κ3) is 2.10. The zero-order valence-electron chi connectivity index (χ0n) is 9.41. The van der Waals surface area contributed by atoms with Gasteiger partial charge in [-0.3, -0.25) is 0 Å². The van der Waals surface area contributed by atoms with Crippen molar-refractivity contribution in [3.8, 4) is 11.6 Å². The van der Waals surface area contributed by atoms with Crippen LogP contribution in [0.25, 0.3) is 11.6 Å². The Kier molecular flexibility index (Phi) is 2.77. The number of thiophene rings is 1. The molecule has 0 radical (unpaired) electrons. The SMILES string of the molecule is Nc1cccnc1-c1nc(Cc2cccs2)no1. The lowest BCUT2D eigenvalue weighted by atomic mass is 10.3. The Morgan fingerprint density at radius 3 is 3.00 bits per heavy atom. The minimum absolute atomic E-state index is 0.361. The van der Waals surface area contributed by atoms with Gasteiger partial charge in [0.2, 0.25) is 0 Å². The number of aromatic nitrogens is 3. The van der Waals surface area contributed by atoms with Crippen LogP contribution in [0.3, 0.4) is 0 Å². The van der Waals surface area contributed by atoms with Crippen molar-refractivity contribution in [3.63, 3.8) is 0 Å². The van der Waals surface area contributed by atoms with Crippen molar-refractivity contribution in [1.82, 2.24) is 15.1 Å². The zero-order valence-corrected chi connectivity index (χ0v) is 10.2. The number of nitrogen functional groups attached to an aromatic ring is 1. The average Bonchev–Trinajstić information content (AvgIpc) is 3.02. The molecule has 0 aliphatic rings. The van der Waals surface area contributed by atoms with Crippen molar-refractivity contribution in [3.05, 3.63) is 46.5 Å². The van der Waals surface area contributed by atoms with E-state index in [1.54, 1.807) is 29.7 Å². The van der Waals surface area contributed by atoms with E-state index in [1.165, 1.54) is 4.88 Å². The lowest BCUT2D eigenvalue weighted by Crippen LogP contribution is -1.93. The lowest BCUT2D eigenvalue weighted by molar-refractivity contribution is 0.423. The molecule has 0 amide bonds. The molecule has 90 valence electrons. The van der Waals surface area contributed by atoms with E-state index in [4.69, 9.17) is 10.3 Å². The Balaban J connectivity index is 1.88. The third-order valence-electron chi connectivity index (χ3n) is 2.42. The Morgan fingerprint density at radius 1 is 1.28 bits per heavy atom. The summed E-state index contributed by atoms with van der Waals surface area (Å²) in [5.41, 5.74) is 6.87. The topological polar surface area (TPSA) is 77.8 Å². The second-order valence-corrected chi connectivity index (χ2v) is 4.75. The molecule has 0 saturated carbocycles. The van der Waals surface area contributed by atoms with Crippen LogP contribution in [0.15, 0.2) is 40.4 Å². The molecule has 0 saturated heterocycles. The van der Waals surface area contributed by atoms with Gasteiger partial charge < -0.3 is 10.3 Å². The van der Waals surface area contributed by atoms with Crippen molar-refractivity contribution in [2.75, 3.05) is 5.73 Å². The van der Waals surface area contributed by atoms with Crippen LogP contribution < -0.4 is 5.73 Å². The van der Waals surface area contributed by atoms with E-state index in [0.29, 0.717) is 29.5 Å². The number of anilines is 1. The van der Waals surface area contributed by atoms with Crippen LogP contribution in [0.5, 0.6) is 0 Å². The number of hydrogen-bond donors (Lipinski definition) is 1. The fourth-order valence-corrected chi connectivity index (χ4v) is 2.29. The number of nitrogens with two attached hydrogens (primary N) is 1. The van der Waals surface area contributed by atoms with E-state index in [9.17, 15) is 0 Å². The van der Waals surface area contributed by atoms with E-state index < -0.39 is 0 Å². The molecule has 5 nitrogen and oxygen atoms in total. The Labute approximate surface area is 107 Å². The Bertz CT molecular complexity index is 648. The molecular formula is C12H10N4OS. The zero-order chi connectivity index (χ0) is 12.4. The van der Waals surface area contributed by atoms with E-state index in [-0.39, 0.29) is 0 Å². The summed E-state index contributed by atoms with van der Waals surface area (Å²) in [6, 6.07) is 7.56. The molecule has 0 atom stereocenters. The lowest BCUT2D eigenvalue weighted by Gasteiger charge is -1.96. The standard InChI is InChI=1S/C12H10N4OS/c13-9-4-1-5-14-11(9)12-15-10(16-17-12)7-8-3-2-6-18-8/h1-6H,7,13H2. The molecule has 0 bridgehead atoms. The smallest absolute Gasteiger partial charge is 0.278 e. The van der Waals surface area contributed by atoms with Gasteiger partial charge in [-0.2, -0.15) is 4.98 Å². The van der Waals surface area contributed by atoms with Crippen LogP contribution in [-0.4, -0.2) is 15.1 Å². The van der Waals surface area contributed by atoms with Crippen molar-refractivity contribution in [1.29, 1.82) is 0 Å². The fourth-order valence-electron chi connectivity index (χ4n) is 1.59. The van der Waals surface area contributed by atoms with E-state index in [0.717, 1.165) is 0 Å². The maximum atomic E-state index is 5.81. The maximum Gasteiger partial charge on any atom is 0.278 e. The third-order valence-corrected chi connectivity index (χ3v) is 3.30. The van der Waals surface area contributed by atoms with E-state index in [1.807, 2.05) is 17.5 Å². The van der Waals surface area contributed by atoms with Gasteiger partial charge in [0.25, 0.3) is 5.89 Å². The number of pyridine rings is 1. The normalized spacial score (nSPS) is 10.7. The highest BCUT2D eigenvalue weighted by molar-refractivity contribution is 7.09. The van der Waals surface area contributed by atoms with Crippen molar-refractivity contribution < 1.29 is 4.52 Å². The molecule has 0 fully saturated rings. The van der Waals surface area contributed by atoms with Crippen molar-refractivity contribution in [2.45, 2.75) is 6.42 Å². The highest BCUT2D eigenvalue weighted by Gasteiger charge is 2.13. The van der Waals surface area contributed by atoms with Gasteiger partial charge in [0.15, 0.2) is 11.5 Å². The minimum atomic E-state index is 0.361. The molecular weight excluding hydrogens is 248 g/mol. The van der Waals surface area contributed by atoms with Gasteiger partial charge in [-0.1, -0.05) is 11.2 Å². The largest absolute Gasteiger partial charge is 0.397 e. The molecule has 0 unspecified atom stereocenters. The summed E-state index contributed by atoms with van der Waals surface area (Å²) < 4.78 is 5.18. The fraction of sp³-hybridized carbons (Fsp3) is 0.0833. The van der Waals surface area contributed by atoms with Gasteiger partial charge in [0.1, 0.15) is 0 Å². The summed E-state index contributed by atoms with van der Waals surface area (Å²) >= 11 is 1.66. The minimum Gasteiger partial charge on any atom is -0.397 e. The first-order chi connectivity index (χ1) is 8.83. The first-order valence-electron chi connectivity index (χ1n) is 5.39. The van der Waals surface area contributed by atoms with E-state index in [2.05, 4.69) is 15.1 Å². The van der Waals surface area contributed by atoms with Gasteiger partial charge in [0, 0.05) is 17.5 Å². The second kappa shape index (κ2) is 4.58. The van der Waals surface area contributed by atoms with Gasteiger partial charge in [-0.15, -0.1) is 11.3 Å².